The summed E-state index contributed by atoms with van der Waals surface area (Å²) in [4.78, 5) is 28.5. The first-order valence-corrected chi connectivity index (χ1v) is 11.7. The number of amides is 2. The minimum Gasteiger partial charge on any atom is -0.477 e. The van der Waals surface area contributed by atoms with Crippen molar-refractivity contribution in [3.63, 3.8) is 0 Å². The zero-order chi connectivity index (χ0) is 26.4. The molecule has 2 aromatic rings. The highest BCUT2D eigenvalue weighted by Crippen LogP contribution is 2.29. The molecule has 0 saturated carbocycles. The van der Waals surface area contributed by atoms with Gasteiger partial charge in [-0.3, -0.25) is 14.5 Å². The van der Waals surface area contributed by atoms with Crippen LogP contribution in [0.25, 0.3) is 0 Å². The largest absolute Gasteiger partial charge is 0.477 e. The molecule has 0 spiro atoms. The first-order chi connectivity index (χ1) is 17.2. The van der Waals surface area contributed by atoms with E-state index in [-0.39, 0.29) is 25.5 Å². The molecule has 196 valence electrons. The van der Waals surface area contributed by atoms with Crippen LogP contribution < -0.4 is 10.1 Å². The third-order valence-electron chi connectivity index (χ3n) is 6.08. The number of ether oxygens (including phenoxy) is 1. The van der Waals surface area contributed by atoms with Crippen molar-refractivity contribution in [2.24, 2.45) is 0 Å². The van der Waals surface area contributed by atoms with Crippen LogP contribution in [0.3, 0.4) is 0 Å². The van der Waals surface area contributed by atoms with Gasteiger partial charge in [0.05, 0.1) is 6.54 Å². The van der Waals surface area contributed by atoms with E-state index in [1.807, 2.05) is 36.9 Å². The molecular formula is C25H28F5N3O3. The van der Waals surface area contributed by atoms with E-state index in [0.717, 1.165) is 29.7 Å². The predicted octanol–water partition coefficient (Wildman–Crippen LogP) is 4.06. The first kappa shape index (κ1) is 27.4. The Morgan fingerprint density at radius 3 is 2.03 bits per heavy atom. The van der Waals surface area contributed by atoms with Gasteiger partial charge in [-0.05, 0) is 30.4 Å². The lowest BCUT2D eigenvalue weighted by molar-refractivity contribution is -0.133. The second-order valence-electron chi connectivity index (χ2n) is 8.40. The van der Waals surface area contributed by atoms with E-state index >= 15 is 0 Å². The van der Waals surface area contributed by atoms with Crippen LogP contribution in [-0.4, -0.2) is 60.9 Å². The molecule has 11 heteroatoms. The van der Waals surface area contributed by atoms with Gasteiger partial charge in [-0.25, -0.2) is 13.2 Å². The molecule has 0 atom stereocenters. The maximum absolute atomic E-state index is 13.8. The van der Waals surface area contributed by atoms with Crippen molar-refractivity contribution in [2.45, 2.75) is 33.1 Å². The predicted molar refractivity (Wildman–Crippen MR) is 123 cm³/mol. The lowest BCUT2D eigenvalue weighted by Gasteiger charge is -2.22. The normalized spacial score (nSPS) is 14.5. The molecule has 1 aliphatic rings. The fourth-order valence-corrected chi connectivity index (χ4v) is 4.10. The summed E-state index contributed by atoms with van der Waals surface area (Å²) in [5, 5.41) is 3.00. The smallest absolute Gasteiger partial charge is 0.260 e. The third-order valence-corrected chi connectivity index (χ3v) is 6.08. The van der Waals surface area contributed by atoms with Crippen molar-refractivity contribution in [2.75, 3.05) is 44.6 Å². The van der Waals surface area contributed by atoms with E-state index in [1.54, 1.807) is 0 Å². The van der Waals surface area contributed by atoms with E-state index in [9.17, 15) is 31.5 Å². The summed E-state index contributed by atoms with van der Waals surface area (Å²) < 4.78 is 72.0. The quantitative estimate of drug-likeness (QED) is 0.329. The number of hydrogen-bond acceptors (Lipinski definition) is 4. The van der Waals surface area contributed by atoms with Crippen molar-refractivity contribution < 1.29 is 36.3 Å². The van der Waals surface area contributed by atoms with Crippen LogP contribution in [0.2, 0.25) is 0 Å². The Kier molecular flexibility index (Phi) is 9.25. The average Bonchev–Trinajstić information content (AvgIpc) is 3.11. The molecule has 0 aromatic heterocycles. The van der Waals surface area contributed by atoms with Gasteiger partial charge in [0, 0.05) is 31.9 Å². The van der Waals surface area contributed by atoms with Crippen LogP contribution in [0.15, 0.2) is 18.2 Å². The molecule has 0 radical (unpaired) electrons. The van der Waals surface area contributed by atoms with Gasteiger partial charge < -0.3 is 15.0 Å². The van der Waals surface area contributed by atoms with Crippen LogP contribution in [0, 0.1) is 29.1 Å². The number of aryl methyl sites for hydroxylation is 2. The number of carbonyl (C=O) groups is 2. The van der Waals surface area contributed by atoms with Crippen molar-refractivity contribution in [1.29, 1.82) is 0 Å². The molecule has 1 N–H and O–H groups in total. The topological polar surface area (TPSA) is 61.9 Å². The fourth-order valence-electron chi connectivity index (χ4n) is 4.10. The number of benzene rings is 2. The molecular weight excluding hydrogens is 485 g/mol. The molecule has 1 heterocycles. The Balaban J connectivity index is 1.56. The maximum Gasteiger partial charge on any atom is 0.260 e. The second kappa shape index (κ2) is 12.2. The number of anilines is 1. The summed E-state index contributed by atoms with van der Waals surface area (Å²) in [5.74, 6) is -13.2. The number of nitrogens with one attached hydrogen (secondary N) is 1. The van der Waals surface area contributed by atoms with Crippen LogP contribution in [0.4, 0.5) is 27.6 Å². The molecule has 6 nitrogen and oxygen atoms in total. The summed E-state index contributed by atoms with van der Waals surface area (Å²) in [6.45, 7) is 4.63. The fraction of sp³-hybridized carbons (Fsp3) is 0.440. The van der Waals surface area contributed by atoms with Crippen molar-refractivity contribution in [1.82, 2.24) is 9.80 Å². The van der Waals surface area contributed by atoms with E-state index in [4.69, 9.17) is 0 Å². The van der Waals surface area contributed by atoms with E-state index in [2.05, 4.69) is 10.1 Å². The molecule has 0 unspecified atom stereocenters. The Labute approximate surface area is 206 Å². The summed E-state index contributed by atoms with van der Waals surface area (Å²) >= 11 is 0. The monoisotopic (exact) mass is 513 g/mol. The van der Waals surface area contributed by atoms with Crippen LogP contribution in [0.1, 0.15) is 31.4 Å². The first-order valence-electron chi connectivity index (χ1n) is 11.7. The number of hydrogen-bond donors (Lipinski definition) is 1. The van der Waals surface area contributed by atoms with Gasteiger partial charge in [-0.15, -0.1) is 0 Å². The highest BCUT2D eigenvalue weighted by molar-refractivity contribution is 5.93. The molecule has 0 bridgehead atoms. The van der Waals surface area contributed by atoms with E-state index < -0.39 is 47.3 Å². The minimum atomic E-state index is -2.30. The van der Waals surface area contributed by atoms with Crippen molar-refractivity contribution >= 4 is 17.5 Å². The van der Waals surface area contributed by atoms with Crippen molar-refractivity contribution in [3.8, 4) is 5.75 Å². The minimum absolute atomic E-state index is 0.115. The molecule has 1 aliphatic heterocycles. The number of para-hydroxylation sites is 1. The van der Waals surface area contributed by atoms with Gasteiger partial charge in [0.1, 0.15) is 0 Å². The number of halogens is 5. The number of nitrogens with zero attached hydrogens (tertiary/aromatic N) is 2. The number of rotatable bonds is 8. The zero-order valence-corrected chi connectivity index (χ0v) is 20.1. The number of carbonyl (C=O) groups excluding carboxylic acids is 2. The summed E-state index contributed by atoms with van der Waals surface area (Å²) in [7, 11) is 0. The van der Waals surface area contributed by atoms with Crippen LogP contribution >= 0.6 is 0 Å². The van der Waals surface area contributed by atoms with E-state index in [0.29, 0.717) is 19.5 Å². The summed E-state index contributed by atoms with van der Waals surface area (Å²) in [5.41, 5.74) is 2.91. The molecule has 36 heavy (non-hydrogen) atoms. The molecule has 1 saturated heterocycles. The SMILES string of the molecule is CCc1cccc(CC)c1NC(=O)CN1CCCN(C(=O)COc2c(F)c(F)c(F)c(F)c2F)CC1. The Hall–Kier alpha value is -3.21. The average molecular weight is 514 g/mol. The summed E-state index contributed by atoms with van der Waals surface area (Å²) in [6, 6.07) is 5.90. The highest BCUT2D eigenvalue weighted by Gasteiger charge is 2.28. The van der Waals surface area contributed by atoms with Crippen LogP contribution in [0.5, 0.6) is 5.75 Å². The molecule has 2 aromatic carbocycles. The molecule has 2 amide bonds. The summed E-state index contributed by atoms with van der Waals surface area (Å²) in [6.07, 6.45) is 2.07. The molecule has 0 aliphatic carbocycles. The van der Waals surface area contributed by atoms with Gasteiger partial charge in [-0.1, -0.05) is 32.0 Å². The van der Waals surface area contributed by atoms with Gasteiger partial charge in [-0.2, -0.15) is 8.78 Å². The Bertz CT molecular complexity index is 1080. The van der Waals surface area contributed by atoms with Crippen molar-refractivity contribution in [3.05, 3.63) is 58.4 Å². The van der Waals surface area contributed by atoms with Gasteiger partial charge >= 0.3 is 0 Å². The lowest BCUT2D eigenvalue weighted by atomic mass is 10.0. The molecule has 1 fully saturated rings. The zero-order valence-electron chi connectivity index (χ0n) is 20.1. The van der Waals surface area contributed by atoms with Crippen LogP contribution in [-0.2, 0) is 22.4 Å². The Morgan fingerprint density at radius 2 is 1.44 bits per heavy atom. The van der Waals surface area contributed by atoms with E-state index in [1.165, 1.54) is 4.90 Å². The van der Waals surface area contributed by atoms with Gasteiger partial charge in [0.2, 0.25) is 35.0 Å². The highest BCUT2D eigenvalue weighted by atomic mass is 19.2. The standard InChI is InChI=1S/C25H28F5N3O3/c1-3-15-7-5-8-16(4-2)24(15)31-17(34)13-32-9-6-10-33(12-11-32)18(35)14-36-25-22(29)20(27)19(26)21(28)23(25)30/h5,7-8H,3-4,6,9-14H2,1-2H3,(H,31,34). The Morgan fingerprint density at radius 1 is 0.861 bits per heavy atom. The lowest BCUT2D eigenvalue weighted by Crippen LogP contribution is -2.39. The van der Waals surface area contributed by atoms with Gasteiger partial charge in [0.15, 0.2) is 12.4 Å². The maximum atomic E-state index is 13.8. The van der Waals surface area contributed by atoms with Gasteiger partial charge in [0.25, 0.3) is 5.91 Å². The second-order valence-corrected chi connectivity index (χ2v) is 8.40. The third kappa shape index (κ3) is 6.13. The molecule has 3 rings (SSSR count).